The summed E-state index contributed by atoms with van der Waals surface area (Å²) >= 11 is 3.53. The average Bonchev–Trinajstić information content (AvgIpc) is 2.17. The molecule has 2 rings (SSSR count). The lowest BCUT2D eigenvalue weighted by Crippen LogP contribution is -2.43. The van der Waals surface area contributed by atoms with E-state index in [4.69, 9.17) is 0 Å². The number of amides is 2. The summed E-state index contributed by atoms with van der Waals surface area (Å²) in [6, 6.07) is 7.40. The number of hydrogen-bond donors (Lipinski definition) is 0. The maximum absolute atomic E-state index is 11.6. The molecule has 0 saturated carbocycles. The molecule has 0 atom stereocenters. The molecule has 1 aromatic rings. The van der Waals surface area contributed by atoms with Crippen molar-refractivity contribution in [2.45, 2.75) is 0 Å². The summed E-state index contributed by atoms with van der Waals surface area (Å²) in [5.74, 6) is 0.519. The molecule has 78 valence electrons. The van der Waals surface area contributed by atoms with E-state index in [9.17, 15) is 9.59 Å². The summed E-state index contributed by atoms with van der Waals surface area (Å²) in [6.07, 6.45) is 0. The van der Waals surface area contributed by atoms with Crippen LogP contribution in [0, 0.1) is 3.57 Å². The topological polar surface area (TPSA) is 37.4 Å². The van der Waals surface area contributed by atoms with Crippen molar-refractivity contribution >= 4 is 51.9 Å². The van der Waals surface area contributed by atoms with Crippen LogP contribution in [0.2, 0.25) is 0 Å². The zero-order valence-corrected chi connectivity index (χ0v) is 10.7. The minimum absolute atomic E-state index is 0.127. The molecule has 0 radical (unpaired) electrons. The van der Waals surface area contributed by atoms with Crippen molar-refractivity contribution in [3.63, 3.8) is 0 Å². The van der Waals surface area contributed by atoms with Crippen molar-refractivity contribution in [2.75, 3.05) is 16.4 Å². The van der Waals surface area contributed by atoms with E-state index in [0.717, 1.165) is 3.57 Å². The van der Waals surface area contributed by atoms with Crippen molar-refractivity contribution in [3.05, 3.63) is 27.8 Å². The standard InChI is InChI=1S/C10H8INO2S/c11-7-2-1-3-8(4-7)12-9(13)5-15-6-10(12)14/h1-4H,5-6H2. The normalized spacial score (nSPS) is 17.0. The van der Waals surface area contributed by atoms with Gasteiger partial charge in [-0.2, -0.15) is 0 Å². The van der Waals surface area contributed by atoms with E-state index < -0.39 is 0 Å². The number of halogens is 1. The molecular formula is C10H8INO2S. The van der Waals surface area contributed by atoms with Crippen LogP contribution < -0.4 is 4.90 Å². The number of hydrogen-bond acceptors (Lipinski definition) is 3. The second kappa shape index (κ2) is 4.52. The Morgan fingerprint density at radius 2 is 1.87 bits per heavy atom. The van der Waals surface area contributed by atoms with Gasteiger partial charge in [0.05, 0.1) is 17.2 Å². The summed E-state index contributed by atoms with van der Waals surface area (Å²) in [5, 5.41) is 0. The summed E-state index contributed by atoms with van der Waals surface area (Å²) in [4.78, 5) is 24.5. The molecule has 0 spiro atoms. The molecule has 1 heterocycles. The smallest absolute Gasteiger partial charge is 0.243 e. The highest BCUT2D eigenvalue weighted by Crippen LogP contribution is 2.22. The van der Waals surface area contributed by atoms with Gasteiger partial charge in [-0.05, 0) is 40.8 Å². The largest absolute Gasteiger partial charge is 0.273 e. The Kier molecular flexibility index (Phi) is 3.30. The third kappa shape index (κ3) is 2.34. The predicted octanol–water partition coefficient (Wildman–Crippen LogP) is 1.90. The Balaban J connectivity index is 2.35. The molecule has 0 N–H and O–H groups in total. The van der Waals surface area contributed by atoms with Gasteiger partial charge < -0.3 is 0 Å². The quantitative estimate of drug-likeness (QED) is 0.582. The molecule has 2 amide bonds. The van der Waals surface area contributed by atoms with Gasteiger partial charge in [0.25, 0.3) is 0 Å². The van der Waals surface area contributed by atoms with Crippen LogP contribution in [0.15, 0.2) is 24.3 Å². The Hall–Kier alpha value is -0.560. The second-order valence-corrected chi connectivity index (χ2v) is 5.33. The first kappa shape index (κ1) is 10.9. The minimum atomic E-state index is -0.127. The molecule has 15 heavy (non-hydrogen) atoms. The Morgan fingerprint density at radius 1 is 1.20 bits per heavy atom. The van der Waals surface area contributed by atoms with Crippen molar-refractivity contribution in [1.29, 1.82) is 0 Å². The van der Waals surface area contributed by atoms with Crippen LogP contribution in [0.3, 0.4) is 0 Å². The predicted molar refractivity (Wildman–Crippen MR) is 69.0 cm³/mol. The summed E-state index contributed by atoms with van der Waals surface area (Å²) in [6.45, 7) is 0. The Bertz CT molecular complexity index is 406. The lowest BCUT2D eigenvalue weighted by molar-refractivity contribution is -0.124. The van der Waals surface area contributed by atoms with Gasteiger partial charge in [0.15, 0.2) is 0 Å². The van der Waals surface area contributed by atoms with E-state index >= 15 is 0 Å². The molecule has 5 heteroatoms. The first-order valence-corrected chi connectivity index (χ1v) is 6.61. The van der Waals surface area contributed by atoms with E-state index in [2.05, 4.69) is 22.6 Å². The fourth-order valence-corrected chi connectivity index (χ4v) is 2.63. The molecule has 1 aromatic carbocycles. The number of carbonyl (C=O) groups is 2. The van der Waals surface area contributed by atoms with Crippen LogP contribution in [-0.4, -0.2) is 23.3 Å². The highest BCUT2D eigenvalue weighted by atomic mass is 127. The number of nitrogens with zero attached hydrogens (tertiary/aromatic N) is 1. The second-order valence-electron chi connectivity index (χ2n) is 3.10. The molecule has 1 aliphatic heterocycles. The molecule has 1 fully saturated rings. The van der Waals surface area contributed by atoms with E-state index in [1.54, 1.807) is 6.07 Å². The number of rotatable bonds is 1. The fraction of sp³-hybridized carbons (Fsp3) is 0.200. The highest BCUT2D eigenvalue weighted by molar-refractivity contribution is 14.1. The van der Waals surface area contributed by atoms with E-state index in [0.29, 0.717) is 17.2 Å². The van der Waals surface area contributed by atoms with E-state index in [1.165, 1.54) is 16.7 Å². The van der Waals surface area contributed by atoms with Gasteiger partial charge in [0, 0.05) is 3.57 Å². The summed E-state index contributed by atoms with van der Waals surface area (Å²) in [7, 11) is 0. The van der Waals surface area contributed by atoms with Crippen LogP contribution in [0.25, 0.3) is 0 Å². The van der Waals surface area contributed by atoms with Crippen molar-refractivity contribution < 1.29 is 9.59 Å². The molecule has 0 aliphatic carbocycles. The van der Waals surface area contributed by atoms with Gasteiger partial charge in [-0.3, -0.25) is 9.59 Å². The van der Waals surface area contributed by atoms with Crippen LogP contribution in [0.1, 0.15) is 0 Å². The first-order chi connectivity index (χ1) is 7.18. The Morgan fingerprint density at radius 3 is 2.47 bits per heavy atom. The third-order valence-corrected chi connectivity index (χ3v) is 3.59. The SMILES string of the molecule is O=C1CSCC(=O)N1c1cccc(I)c1. The van der Waals surface area contributed by atoms with Crippen LogP contribution in [-0.2, 0) is 9.59 Å². The number of imide groups is 1. The maximum Gasteiger partial charge on any atom is 0.243 e. The molecule has 0 unspecified atom stereocenters. The van der Waals surface area contributed by atoms with Crippen molar-refractivity contribution in [1.82, 2.24) is 0 Å². The minimum Gasteiger partial charge on any atom is -0.273 e. The van der Waals surface area contributed by atoms with Gasteiger partial charge in [-0.1, -0.05) is 6.07 Å². The van der Waals surface area contributed by atoms with E-state index in [1.807, 2.05) is 18.2 Å². The lowest BCUT2D eigenvalue weighted by atomic mass is 10.3. The zero-order chi connectivity index (χ0) is 10.8. The van der Waals surface area contributed by atoms with Crippen LogP contribution >= 0.6 is 34.4 Å². The zero-order valence-electron chi connectivity index (χ0n) is 7.77. The van der Waals surface area contributed by atoms with E-state index in [-0.39, 0.29) is 11.8 Å². The van der Waals surface area contributed by atoms with Gasteiger partial charge in [-0.25, -0.2) is 4.90 Å². The molecule has 1 aliphatic rings. The number of thioether (sulfide) groups is 1. The first-order valence-electron chi connectivity index (χ1n) is 4.37. The van der Waals surface area contributed by atoms with Gasteiger partial charge in [-0.15, -0.1) is 11.8 Å². The third-order valence-electron chi connectivity index (χ3n) is 2.02. The van der Waals surface area contributed by atoms with Crippen molar-refractivity contribution in [3.8, 4) is 0 Å². The molecular weight excluding hydrogens is 325 g/mol. The highest BCUT2D eigenvalue weighted by Gasteiger charge is 2.27. The summed E-state index contributed by atoms with van der Waals surface area (Å²) < 4.78 is 1.02. The van der Waals surface area contributed by atoms with Gasteiger partial charge in [0.1, 0.15) is 0 Å². The summed E-state index contributed by atoms with van der Waals surface area (Å²) in [5.41, 5.74) is 0.678. The van der Waals surface area contributed by atoms with Gasteiger partial charge >= 0.3 is 0 Å². The molecule has 0 bridgehead atoms. The number of carbonyl (C=O) groups excluding carboxylic acids is 2. The molecule has 3 nitrogen and oxygen atoms in total. The Labute approximate surface area is 105 Å². The number of benzene rings is 1. The maximum atomic E-state index is 11.6. The average molecular weight is 333 g/mol. The van der Waals surface area contributed by atoms with Gasteiger partial charge in [0.2, 0.25) is 11.8 Å². The van der Waals surface area contributed by atoms with Crippen molar-refractivity contribution in [2.24, 2.45) is 0 Å². The van der Waals surface area contributed by atoms with Crippen LogP contribution in [0.5, 0.6) is 0 Å². The molecule has 1 saturated heterocycles. The lowest BCUT2D eigenvalue weighted by Gasteiger charge is -2.24. The fourth-order valence-electron chi connectivity index (χ4n) is 1.40. The number of anilines is 1. The molecule has 0 aromatic heterocycles. The van der Waals surface area contributed by atoms with Crippen LogP contribution in [0.4, 0.5) is 5.69 Å². The monoisotopic (exact) mass is 333 g/mol.